The van der Waals surface area contributed by atoms with Gasteiger partial charge >= 0.3 is 0 Å². The van der Waals surface area contributed by atoms with Crippen molar-refractivity contribution >= 4 is 19.7 Å². The van der Waals surface area contributed by atoms with Crippen molar-refractivity contribution < 1.29 is 14.6 Å². The van der Waals surface area contributed by atoms with E-state index in [1.807, 2.05) is 30.3 Å². The van der Waals surface area contributed by atoms with Crippen LogP contribution in [0.25, 0.3) is 0 Å². The van der Waals surface area contributed by atoms with E-state index in [2.05, 4.69) is 13.8 Å². The lowest BCUT2D eigenvalue weighted by molar-refractivity contribution is 0.101. The molecular weight excluding hydrogens is 307 g/mol. The van der Waals surface area contributed by atoms with E-state index < -0.39 is 0 Å². The van der Waals surface area contributed by atoms with Gasteiger partial charge in [-0.1, -0.05) is 46.7 Å². The van der Waals surface area contributed by atoms with E-state index in [-0.39, 0.29) is 16.7 Å². The first-order valence-electron chi connectivity index (χ1n) is 7.67. The van der Waals surface area contributed by atoms with Gasteiger partial charge in [0.1, 0.15) is 11.5 Å². The summed E-state index contributed by atoms with van der Waals surface area (Å²) in [6.45, 7) is 5.81. The molecule has 0 amide bonds. The molecule has 0 saturated carbocycles. The van der Waals surface area contributed by atoms with Gasteiger partial charge in [0.15, 0.2) is 5.78 Å². The second-order valence-corrected chi connectivity index (χ2v) is 7.69. The number of methoxy groups -OCH3 is 1. The van der Waals surface area contributed by atoms with Crippen molar-refractivity contribution in [2.75, 3.05) is 7.11 Å². The summed E-state index contributed by atoms with van der Waals surface area (Å²) >= 11 is 0. The lowest BCUT2D eigenvalue weighted by Crippen LogP contribution is -2.21. The molecule has 2 atom stereocenters. The first kappa shape index (κ1) is 17.5. The first-order valence-corrected chi connectivity index (χ1v) is 8.67. The summed E-state index contributed by atoms with van der Waals surface area (Å²) in [5, 5.41) is 11.1. The molecule has 0 aromatic heterocycles. The molecule has 3 nitrogen and oxygen atoms in total. The second kappa shape index (κ2) is 7.14. The van der Waals surface area contributed by atoms with Crippen LogP contribution in [0.1, 0.15) is 43.1 Å². The van der Waals surface area contributed by atoms with Gasteiger partial charge in [-0.05, 0) is 36.8 Å². The maximum Gasteiger partial charge on any atom is 0.160 e. The molecule has 2 unspecified atom stereocenters. The third-order valence-electron chi connectivity index (χ3n) is 4.22. The van der Waals surface area contributed by atoms with Gasteiger partial charge in [0.25, 0.3) is 0 Å². The van der Waals surface area contributed by atoms with Crippen molar-refractivity contribution in [3.63, 3.8) is 0 Å². The van der Waals surface area contributed by atoms with Gasteiger partial charge in [-0.15, -0.1) is 0 Å². The highest BCUT2D eigenvalue weighted by Crippen LogP contribution is 2.48. The summed E-state index contributed by atoms with van der Waals surface area (Å²) < 4.78 is 5.30. The maximum atomic E-state index is 11.9. The smallest absolute Gasteiger partial charge is 0.160 e. The number of ketones is 1. The highest BCUT2D eigenvalue weighted by atomic mass is 31.1. The van der Waals surface area contributed by atoms with Crippen LogP contribution >= 0.6 is 8.58 Å². The quantitative estimate of drug-likeness (QED) is 0.637. The molecule has 0 radical (unpaired) electrons. The molecule has 0 aliphatic carbocycles. The first-order chi connectivity index (χ1) is 10.9. The normalized spacial score (nSPS) is 13.9. The number of benzene rings is 2. The lowest BCUT2D eigenvalue weighted by atomic mass is 9.96. The average molecular weight is 330 g/mol. The zero-order valence-corrected chi connectivity index (χ0v) is 15.0. The van der Waals surface area contributed by atoms with Crippen LogP contribution in [0.2, 0.25) is 0 Å². The second-order valence-electron chi connectivity index (χ2n) is 5.80. The number of Topliss-reactive ketones (excluding diaryl/α,β-unsaturated/α-hetero) is 1. The fourth-order valence-corrected chi connectivity index (χ4v) is 4.31. The SMILES string of the molecule is CCC(C)(Pc1ccccc1C(C)=O)c1cc(OC)ccc1O. The van der Waals surface area contributed by atoms with Gasteiger partial charge < -0.3 is 9.84 Å². The molecule has 1 N–H and O–H groups in total. The molecule has 0 aliphatic rings. The predicted molar refractivity (Wildman–Crippen MR) is 96.7 cm³/mol. The summed E-state index contributed by atoms with van der Waals surface area (Å²) in [7, 11) is 1.99. The monoisotopic (exact) mass is 330 g/mol. The van der Waals surface area contributed by atoms with Gasteiger partial charge in [-0.25, -0.2) is 0 Å². The number of rotatable bonds is 6. The van der Waals surface area contributed by atoms with E-state index in [0.29, 0.717) is 8.58 Å². The number of phenols is 1. The van der Waals surface area contributed by atoms with Gasteiger partial charge in [-0.3, -0.25) is 4.79 Å². The summed E-state index contributed by atoms with van der Waals surface area (Å²) in [5.74, 6) is 1.06. The highest BCUT2D eigenvalue weighted by Gasteiger charge is 2.29. The van der Waals surface area contributed by atoms with Crippen molar-refractivity contribution in [3.05, 3.63) is 53.6 Å². The number of carbonyl (C=O) groups is 1. The van der Waals surface area contributed by atoms with Crippen molar-refractivity contribution in [1.29, 1.82) is 0 Å². The van der Waals surface area contributed by atoms with Crippen LogP contribution in [0.15, 0.2) is 42.5 Å². The largest absolute Gasteiger partial charge is 0.508 e. The standard InChI is InChI=1S/C19H23O3P/c1-5-19(3,16-12-14(22-4)10-11-17(16)21)23-18-9-7-6-8-15(18)13(2)20/h6-12,21,23H,5H2,1-4H3. The summed E-state index contributed by atoms with van der Waals surface area (Å²) in [6.07, 6.45) is 0.846. The van der Waals surface area contributed by atoms with Crippen LogP contribution in [-0.4, -0.2) is 18.0 Å². The average Bonchev–Trinajstić information content (AvgIpc) is 2.55. The molecule has 2 aromatic rings. The van der Waals surface area contributed by atoms with Crippen molar-refractivity contribution in [3.8, 4) is 11.5 Å². The molecule has 122 valence electrons. The zero-order chi connectivity index (χ0) is 17.0. The molecule has 2 rings (SSSR count). The Labute approximate surface area is 139 Å². The van der Waals surface area contributed by atoms with Crippen LogP contribution in [0.5, 0.6) is 11.5 Å². The number of phenolic OH excluding ortho intramolecular Hbond substituents is 1. The van der Waals surface area contributed by atoms with E-state index in [9.17, 15) is 9.90 Å². The van der Waals surface area contributed by atoms with Crippen LogP contribution in [0.4, 0.5) is 0 Å². The summed E-state index contributed by atoms with van der Waals surface area (Å²) in [4.78, 5) is 11.9. The zero-order valence-electron chi connectivity index (χ0n) is 14.0. The van der Waals surface area contributed by atoms with Crippen LogP contribution in [0.3, 0.4) is 0 Å². The molecule has 4 heteroatoms. The summed E-state index contributed by atoms with van der Waals surface area (Å²) in [6, 6.07) is 13.0. The number of hydrogen-bond acceptors (Lipinski definition) is 3. The number of ether oxygens (including phenoxy) is 1. The molecule has 0 spiro atoms. The highest BCUT2D eigenvalue weighted by molar-refractivity contribution is 7.48. The fourth-order valence-electron chi connectivity index (χ4n) is 2.63. The lowest BCUT2D eigenvalue weighted by Gasteiger charge is -2.30. The molecular formula is C19H23O3P. The minimum absolute atomic E-state index is 0.0708. The van der Waals surface area contributed by atoms with E-state index >= 15 is 0 Å². The van der Waals surface area contributed by atoms with E-state index in [0.717, 1.165) is 28.6 Å². The predicted octanol–water partition coefficient (Wildman–Crippen LogP) is 4.23. The molecule has 0 aliphatic heterocycles. The minimum Gasteiger partial charge on any atom is -0.508 e. The molecule has 23 heavy (non-hydrogen) atoms. The van der Waals surface area contributed by atoms with Crippen LogP contribution in [-0.2, 0) is 5.16 Å². The van der Waals surface area contributed by atoms with Gasteiger partial charge in [0.2, 0.25) is 0 Å². The molecule has 0 saturated heterocycles. The Kier molecular flexibility index (Phi) is 5.43. The van der Waals surface area contributed by atoms with Gasteiger partial charge in [0, 0.05) is 16.3 Å². The van der Waals surface area contributed by atoms with Crippen LogP contribution in [0, 0.1) is 0 Å². The Morgan fingerprint density at radius 3 is 2.57 bits per heavy atom. The molecule has 0 fully saturated rings. The fraction of sp³-hybridized carbons (Fsp3) is 0.316. The van der Waals surface area contributed by atoms with Crippen molar-refractivity contribution in [2.24, 2.45) is 0 Å². The third-order valence-corrected chi connectivity index (χ3v) is 6.10. The van der Waals surface area contributed by atoms with E-state index in [1.54, 1.807) is 26.2 Å². The Balaban J connectivity index is 2.48. The Morgan fingerprint density at radius 2 is 1.96 bits per heavy atom. The van der Waals surface area contributed by atoms with Crippen molar-refractivity contribution in [1.82, 2.24) is 0 Å². The summed E-state index contributed by atoms with van der Waals surface area (Å²) in [5.41, 5.74) is 1.61. The van der Waals surface area contributed by atoms with Gasteiger partial charge in [0.05, 0.1) is 7.11 Å². The van der Waals surface area contributed by atoms with E-state index in [4.69, 9.17) is 4.74 Å². The Bertz CT molecular complexity index is 712. The number of hydrogen-bond donors (Lipinski definition) is 1. The van der Waals surface area contributed by atoms with Crippen molar-refractivity contribution in [2.45, 2.75) is 32.3 Å². The number of carbonyl (C=O) groups excluding carboxylic acids is 1. The van der Waals surface area contributed by atoms with Gasteiger partial charge in [-0.2, -0.15) is 0 Å². The number of aromatic hydroxyl groups is 1. The molecule has 0 heterocycles. The Hall–Kier alpha value is -1.86. The Morgan fingerprint density at radius 1 is 1.26 bits per heavy atom. The van der Waals surface area contributed by atoms with E-state index in [1.165, 1.54) is 0 Å². The molecule has 0 bridgehead atoms. The molecule has 2 aromatic carbocycles. The topological polar surface area (TPSA) is 46.5 Å². The van der Waals surface area contributed by atoms with Crippen LogP contribution < -0.4 is 10.0 Å². The maximum absolute atomic E-state index is 11.9. The third kappa shape index (κ3) is 3.73. The minimum atomic E-state index is -0.260.